The zero-order valence-corrected chi connectivity index (χ0v) is 15.9. The van der Waals surface area contributed by atoms with Crippen LogP contribution < -0.4 is 10.6 Å². The maximum atomic E-state index is 12.6. The van der Waals surface area contributed by atoms with E-state index < -0.39 is 6.04 Å². The largest absolute Gasteiger partial charge is 0.348 e. The minimum Gasteiger partial charge on any atom is -0.348 e. The van der Waals surface area contributed by atoms with Gasteiger partial charge in [0.1, 0.15) is 6.04 Å². The molecule has 0 bridgehead atoms. The highest BCUT2D eigenvalue weighted by Crippen LogP contribution is 2.25. The van der Waals surface area contributed by atoms with Gasteiger partial charge in [0.25, 0.3) is 0 Å². The molecular weight excluding hydrogens is 336 g/mol. The number of fused-ring (bicyclic) bond motifs is 1. The molecule has 2 atom stereocenters. The van der Waals surface area contributed by atoms with Crippen molar-refractivity contribution in [1.82, 2.24) is 20.4 Å². The highest BCUT2D eigenvalue weighted by Gasteiger charge is 2.22. The molecule has 136 valence electrons. The van der Waals surface area contributed by atoms with Crippen LogP contribution in [-0.4, -0.2) is 22.7 Å². The van der Waals surface area contributed by atoms with E-state index in [4.69, 9.17) is 0 Å². The van der Waals surface area contributed by atoms with Crippen LogP contribution in [0, 0.1) is 0 Å². The van der Waals surface area contributed by atoms with Crippen LogP contribution in [0.3, 0.4) is 0 Å². The number of hydrogen-bond acceptors (Lipinski definition) is 3. The van der Waals surface area contributed by atoms with E-state index in [1.165, 1.54) is 36.0 Å². The van der Waals surface area contributed by atoms with Crippen LogP contribution in [-0.2, 0) is 24.7 Å². The summed E-state index contributed by atoms with van der Waals surface area (Å²) >= 11 is 0. The number of halogens is 1. The van der Waals surface area contributed by atoms with Gasteiger partial charge in [-0.1, -0.05) is 18.2 Å². The van der Waals surface area contributed by atoms with Crippen LogP contribution in [0.15, 0.2) is 30.6 Å². The van der Waals surface area contributed by atoms with Crippen molar-refractivity contribution in [2.75, 3.05) is 7.05 Å². The molecule has 1 aliphatic rings. The van der Waals surface area contributed by atoms with Gasteiger partial charge in [0.2, 0.25) is 5.91 Å². The number of likely N-dealkylation sites (N-methyl/N-ethyl adjacent to an activating group) is 1. The molecule has 25 heavy (non-hydrogen) atoms. The van der Waals surface area contributed by atoms with Gasteiger partial charge in [-0.05, 0) is 56.3 Å². The summed E-state index contributed by atoms with van der Waals surface area (Å²) in [6, 6.07) is 6.23. The summed E-state index contributed by atoms with van der Waals surface area (Å²) in [5.74, 6) is -0.0317. The number of amides is 1. The minimum atomic E-state index is -0.390. The van der Waals surface area contributed by atoms with Gasteiger partial charge in [-0.2, -0.15) is 5.10 Å². The molecule has 1 heterocycles. The van der Waals surface area contributed by atoms with E-state index in [0.717, 1.165) is 12.0 Å². The predicted octanol–water partition coefficient (Wildman–Crippen LogP) is 2.86. The van der Waals surface area contributed by atoms with Crippen LogP contribution >= 0.6 is 12.4 Å². The quantitative estimate of drug-likeness (QED) is 0.859. The van der Waals surface area contributed by atoms with E-state index in [-0.39, 0.29) is 24.4 Å². The topological polar surface area (TPSA) is 59.0 Å². The average molecular weight is 363 g/mol. The Morgan fingerprint density at radius 1 is 1.20 bits per heavy atom. The first-order valence-corrected chi connectivity index (χ1v) is 8.66. The highest BCUT2D eigenvalue weighted by atomic mass is 35.5. The van der Waals surface area contributed by atoms with E-state index in [2.05, 4.69) is 33.9 Å². The summed E-state index contributed by atoms with van der Waals surface area (Å²) in [5.41, 5.74) is 4.95. The Morgan fingerprint density at radius 2 is 1.92 bits per heavy atom. The Balaban J connectivity index is 0.00000225. The van der Waals surface area contributed by atoms with E-state index in [9.17, 15) is 4.79 Å². The van der Waals surface area contributed by atoms with E-state index in [1.807, 2.05) is 20.2 Å². The molecule has 2 N–H and O–H groups in total. The Morgan fingerprint density at radius 3 is 2.56 bits per heavy atom. The van der Waals surface area contributed by atoms with Crippen molar-refractivity contribution in [2.45, 2.75) is 44.7 Å². The highest BCUT2D eigenvalue weighted by molar-refractivity contribution is 5.85. The second kappa shape index (κ2) is 8.50. The normalized spacial score (nSPS) is 15.6. The number of hydrogen-bond donors (Lipinski definition) is 2. The molecule has 6 heteroatoms. The maximum Gasteiger partial charge on any atom is 0.242 e. The summed E-state index contributed by atoms with van der Waals surface area (Å²) in [5, 5.41) is 10.3. The van der Waals surface area contributed by atoms with Gasteiger partial charge in [0, 0.05) is 18.8 Å². The fourth-order valence-corrected chi connectivity index (χ4v) is 3.44. The number of benzene rings is 1. The van der Waals surface area contributed by atoms with Crippen molar-refractivity contribution in [2.24, 2.45) is 7.05 Å². The van der Waals surface area contributed by atoms with Crippen molar-refractivity contribution in [3.05, 3.63) is 52.8 Å². The lowest BCUT2D eigenvalue weighted by Gasteiger charge is -2.22. The fraction of sp³-hybridized carbons (Fsp3) is 0.474. The third-order valence-corrected chi connectivity index (χ3v) is 4.84. The molecule has 0 aliphatic heterocycles. The molecule has 1 aromatic heterocycles. The maximum absolute atomic E-state index is 12.6. The number of rotatable bonds is 5. The van der Waals surface area contributed by atoms with Crippen molar-refractivity contribution in [3.8, 4) is 0 Å². The summed E-state index contributed by atoms with van der Waals surface area (Å²) in [7, 11) is 3.64. The van der Waals surface area contributed by atoms with Crippen LogP contribution in [0.5, 0.6) is 0 Å². The molecule has 0 spiro atoms. The fourth-order valence-electron chi connectivity index (χ4n) is 3.44. The van der Waals surface area contributed by atoms with Gasteiger partial charge in [-0.3, -0.25) is 9.48 Å². The SMILES string of the molecule is CNC(C(=O)NC(C)c1ccc2c(c1)CCCC2)c1cnn(C)c1.Cl. The molecule has 2 aromatic rings. The van der Waals surface area contributed by atoms with Crippen LogP contribution in [0.1, 0.15) is 54.1 Å². The van der Waals surface area contributed by atoms with Gasteiger partial charge in [0.05, 0.1) is 12.2 Å². The third-order valence-electron chi connectivity index (χ3n) is 4.84. The zero-order valence-electron chi connectivity index (χ0n) is 15.1. The van der Waals surface area contributed by atoms with Crippen molar-refractivity contribution in [3.63, 3.8) is 0 Å². The third kappa shape index (κ3) is 4.41. The second-order valence-electron chi connectivity index (χ2n) is 6.63. The van der Waals surface area contributed by atoms with Gasteiger partial charge in [-0.15, -0.1) is 12.4 Å². The van der Waals surface area contributed by atoms with E-state index in [1.54, 1.807) is 17.9 Å². The first-order valence-electron chi connectivity index (χ1n) is 8.66. The lowest BCUT2D eigenvalue weighted by Crippen LogP contribution is -2.37. The minimum absolute atomic E-state index is 0. The zero-order chi connectivity index (χ0) is 17.1. The summed E-state index contributed by atoms with van der Waals surface area (Å²) in [6.07, 6.45) is 8.47. The summed E-state index contributed by atoms with van der Waals surface area (Å²) < 4.78 is 1.71. The average Bonchev–Trinajstić information content (AvgIpc) is 3.01. The second-order valence-corrected chi connectivity index (χ2v) is 6.63. The van der Waals surface area contributed by atoms with Crippen LogP contribution in [0.2, 0.25) is 0 Å². The summed E-state index contributed by atoms with van der Waals surface area (Å²) in [6.45, 7) is 2.04. The lowest BCUT2D eigenvalue weighted by molar-refractivity contribution is -0.123. The van der Waals surface area contributed by atoms with Gasteiger partial charge in [-0.25, -0.2) is 0 Å². The molecule has 1 aromatic carbocycles. The van der Waals surface area contributed by atoms with Crippen molar-refractivity contribution >= 4 is 18.3 Å². The standard InChI is InChI=1S/C19H26N4O.ClH/c1-13(15-9-8-14-6-4-5-7-16(14)10-15)22-19(24)18(20-2)17-11-21-23(3)12-17;/h8-13,18,20H,4-7H2,1-3H3,(H,22,24);1H. The van der Waals surface area contributed by atoms with Gasteiger partial charge in [0.15, 0.2) is 0 Å². The van der Waals surface area contributed by atoms with E-state index >= 15 is 0 Å². The van der Waals surface area contributed by atoms with Crippen molar-refractivity contribution in [1.29, 1.82) is 0 Å². The van der Waals surface area contributed by atoms with Crippen molar-refractivity contribution < 1.29 is 4.79 Å². The Labute approximate surface area is 155 Å². The number of nitrogens with zero attached hydrogens (tertiary/aromatic N) is 2. The van der Waals surface area contributed by atoms with E-state index in [0.29, 0.717) is 0 Å². The van der Waals surface area contributed by atoms with Crippen LogP contribution in [0.25, 0.3) is 0 Å². The number of carbonyl (C=O) groups excluding carboxylic acids is 1. The molecule has 3 rings (SSSR count). The predicted molar refractivity (Wildman–Crippen MR) is 102 cm³/mol. The number of aromatic nitrogens is 2. The molecule has 5 nitrogen and oxygen atoms in total. The van der Waals surface area contributed by atoms with Crippen LogP contribution in [0.4, 0.5) is 0 Å². The number of nitrogens with one attached hydrogen (secondary N) is 2. The number of aryl methyl sites for hydroxylation is 3. The summed E-state index contributed by atoms with van der Waals surface area (Å²) in [4.78, 5) is 12.6. The smallest absolute Gasteiger partial charge is 0.242 e. The molecule has 1 aliphatic carbocycles. The first kappa shape index (κ1) is 19.5. The molecule has 0 saturated heterocycles. The molecular formula is C19H27ClN4O. The molecule has 0 fully saturated rings. The van der Waals surface area contributed by atoms with Gasteiger partial charge < -0.3 is 10.6 Å². The molecule has 0 saturated carbocycles. The lowest BCUT2D eigenvalue weighted by atomic mass is 9.89. The monoisotopic (exact) mass is 362 g/mol. The molecule has 0 radical (unpaired) electrons. The van der Waals surface area contributed by atoms with Gasteiger partial charge >= 0.3 is 0 Å². The molecule has 2 unspecified atom stereocenters. The Hall–Kier alpha value is -1.85. The Kier molecular flexibility index (Phi) is 6.62. The first-order chi connectivity index (χ1) is 11.6. The molecule has 1 amide bonds. The number of carbonyl (C=O) groups is 1. The Bertz CT molecular complexity index is 728.